The summed E-state index contributed by atoms with van der Waals surface area (Å²) in [6.07, 6.45) is -0.317. The van der Waals surface area contributed by atoms with E-state index in [4.69, 9.17) is 18.9 Å². The minimum absolute atomic E-state index is 0.102. The third-order valence-corrected chi connectivity index (χ3v) is 5.19. The van der Waals surface area contributed by atoms with E-state index in [2.05, 4.69) is 0 Å². The molecule has 31 heavy (non-hydrogen) atoms. The number of fused-ring (bicyclic) bond motifs is 1. The van der Waals surface area contributed by atoms with Crippen LogP contribution < -0.4 is 14.2 Å². The number of methoxy groups -OCH3 is 4. The molecule has 0 saturated carbocycles. The lowest BCUT2D eigenvalue weighted by Gasteiger charge is -2.26. The number of hydrogen-bond acceptors (Lipinski definition) is 8. The number of rotatable bonds is 7. The Balaban J connectivity index is 2.30. The van der Waals surface area contributed by atoms with Crippen molar-refractivity contribution in [2.75, 3.05) is 28.4 Å². The molecule has 0 aliphatic heterocycles. The SMILES string of the molecule is COC(=O)C[C@H](C1=C(O)c2ccccc2C(=O)C1=O)c1ccc(OC)c(OC)c1OC. The summed E-state index contributed by atoms with van der Waals surface area (Å²) in [4.78, 5) is 38.0. The molecule has 1 aliphatic carbocycles. The Bertz CT molecular complexity index is 1080. The average Bonchev–Trinajstić information content (AvgIpc) is 2.80. The molecule has 8 heteroatoms. The second-order valence-corrected chi connectivity index (χ2v) is 6.72. The number of ketones is 2. The number of aliphatic hydroxyl groups is 1. The number of esters is 1. The summed E-state index contributed by atoms with van der Waals surface area (Å²) in [6.45, 7) is 0. The Morgan fingerprint density at radius 1 is 0.871 bits per heavy atom. The fraction of sp³-hybridized carbons (Fsp3) is 0.261. The van der Waals surface area contributed by atoms with Crippen molar-refractivity contribution >= 4 is 23.3 Å². The van der Waals surface area contributed by atoms with Gasteiger partial charge in [-0.1, -0.05) is 30.3 Å². The van der Waals surface area contributed by atoms with Gasteiger partial charge in [0.2, 0.25) is 17.3 Å². The van der Waals surface area contributed by atoms with Crippen LogP contribution in [-0.2, 0) is 14.3 Å². The Labute approximate surface area is 179 Å². The number of aliphatic hydroxyl groups excluding tert-OH is 1. The van der Waals surface area contributed by atoms with Crippen LogP contribution in [0, 0.1) is 0 Å². The van der Waals surface area contributed by atoms with E-state index in [1.54, 1.807) is 24.3 Å². The van der Waals surface area contributed by atoms with Crippen LogP contribution >= 0.6 is 0 Å². The first-order valence-corrected chi connectivity index (χ1v) is 9.36. The van der Waals surface area contributed by atoms with E-state index in [1.807, 2.05) is 0 Å². The minimum Gasteiger partial charge on any atom is -0.507 e. The van der Waals surface area contributed by atoms with E-state index in [0.717, 1.165) is 0 Å². The summed E-state index contributed by atoms with van der Waals surface area (Å²) in [6, 6.07) is 9.42. The molecule has 1 atom stereocenters. The number of carbonyl (C=O) groups excluding carboxylic acids is 3. The summed E-state index contributed by atoms with van der Waals surface area (Å²) in [5, 5.41) is 11.0. The van der Waals surface area contributed by atoms with Crippen molar-refractivity contribution < 1.29 is 38.4 Å². The van der Waals surface area contributed by atoms with Crippen LogP contribution in [0.15, 0.2) is 42.0 Å². The molecule has 8 nitrogen and oxygen atoms in total. The fourth-order valence-electron chi connectivity index (χ4n) is 3.72. The van der Waals surface area contributed by atoms with Crippen LogP contribution in [0.3, 0.4) is 0 Å². The summed E-state index contributed by atoms with van der Waals surface area (Å²) in [5.41, 5.74) is 0.466. The Morgan fingerprint density at radius 2 is 1.52 bits per heavy atom. The molecule has 162 valence electrons. The Hall–Kier alpha value is -3.81. The second-order valence-electron chi connectivity index (χ2n) is 6.72. The molecular formula is C23H22O8. The lowest BCUT2D eigenvalue weighted by Crippen LogP contribution is -2.28. The predicted molar refractivity (Wildman–Crippen MR) is 111 cm³/mol. The van der Waals surface area contributed by atoms with Gasteiger partial charge < -0.3 is 24.1 Å². The van der Waals surface area contributed by atoms with Crippen molar-refractivity contribution in [3.05, 3.63) is 58.7 Å². The van der Waals surface area contributed by atoms with Crippen molar-refractivity contribution in [3.8, 4) is 17.2 Å². The molecule has 0 radical (unpaired) electrons. The quantitative estimate of drug-likeness (QED) is 0.532. The van der Waals surface area contributed by atoms with E-state index in [9.17, 15) is 19.5 Å². The summed E-state index contributed by atoms with van der Waals surface area (Å²) < 4.78 is 21.0. The van der Waals surface area contributed by atoms with Crippen molar-refractivity contribution in [2.24, 2.45) is 0 Å². The minimum atomic E-state index is -1.04. The maximum Gasteiger partial charge on any atom is 0.306 e. The molecule has 0 saturated heterocycles. The maximum absolute atomic E-state index is 13.0. The third kappa shape index (κ3) is 3.72. The van der Waals surface area contributed by atoms with Crippen molar-refractivity contribution in [1.29, 1.82) is 0 Å². The molecular weight excluding hydrogens is 404 g/mol. The third-order valence-electron chi connectivity index (χ3n) is 5.19. The van der Waals surface area contributed by atoms with Gasteiger partial charge in [-0.15, -0.1) is 0 Å². The topological polar surface area (TPSA) is 108 Å². The van der Waals surface area contributed by atoms with Gasteiger partial charge in [0.15, 0.2) is 11.5 Å². The summed E-state index contributed by atoms with van der Waals surface area (Å²) in [7, 11) is 5.48. The van der Waals surface area contributed by atoms with Crippen LogP contribution in [0.25, 0.3) is 5.76 Å². The smallest absolute Gasteiger partial charge is 0.306 e. The molecule has 0 aromatic heterocycles. The van der Waals surface area contributed by atoms with E-state index >= 15 is 0 Å². The van der Waals surface area contributed by atoms with Crippen molar-refractivity contribution in [2.45, 2.75) is 12.3 Å². The van der Waals surface area contributed by atoms with Gasteiger partial charge in [0.05, 0.1) is 40.4 Å². The number of hydrogen-bond donors (Lipinski definition) is 1. The van der Waals surface area contributed by atoms with Crippen LogP contribution in [0.1, 0.15) is 33.8 Å². The Kier molecular flexibility index (Phi) is 6.29. The van der Waals surface area contributed by atoms with Gasteiger partial charge in [0.1, 0.15) is 5.76 Å². The number of Topliss-reactive ketones (excluding diaryl/α,β-unsaturated/α-hetero) is 2. The second kappa shape index (κ2) is 8.91. The zero-order valence-corrected chi connectivity index (χ0v) is 17.6. The lowest BCUT2D eigenvalue weighted by atomic mass is 9.78. The first kappa shape index (κ1) is 21.9. The summed E-state index contributed by atoms with van der Waals surface area (Å²) >= 11 is 0. The van der Waals surface area contributed by atoms with E-state index in [-0.39, 0.29) is 40.4 Å². The molecule has 2 aromatic rings. The van der Waals surface area contributed by atoms with Crippen molar-refractivity contribution in [1.82, 2.24) is 0 Å². The largest absolute Gasteiger partial charge is 0.507 e. The fourth-order valence-corrected chi connectivity index (χ4v) is 3.72. The van der Waals surface area contributed by atoms with Crippen LogP contribution in [0.2, 0.25) is 0 Å². The Morgan fingerprint density at radius 3 is 2.10 bits per heavy atom. The van der Waals surface area contributed by atoms with Gasteiger partial charge in [-0.3, -0.25) is 14.4 Å². The molecule has 1 N–H and O–H groups in total. The first-order valence-electron chi connectivity index (χ1n) is 9.36. The summed E-state index contributed by atoms with van der Waals surface area (Å²) in [5.74, 6) is -2.89. The highest BCUT2D eigenvalue weighted by Gasteiger charge is 2.40. The van der Waals surface area contributed by atoms with Crippen LogP contribution in [0.5, 0.6) is 17.2 Å². The highest BCUT2D eigenvalue weighted by molar-refractivity contribution is 6.52. The lowest BCUT2D eigenvalue weighted by molar-refractivity contribution is -0.140. The molecule has 0 amide bonds. The zero-order valence-electron chi connectivity index (χ0n) is 17.6. The maximum atomic E-state index is 13.0. The highest BCUT2D eigenvalue weighted by Crippen LogP contribution is 2.47. The molecule has 3 rings (SSSR count). The number of benzene rings is 2. The monoisotopic (exact) mass is 426 g/mol. The number of ether oxygens (including phenoxy) is 4. The normalized spacial score (nSPS) is 14.1. The van der Waals surface area contributed by atoms with E-state index in [1.165, 1.54) is 40.6 Å². The van der Waals surface area contributed by atoms with E-state index in [0.29, 0.717) is 11.3 Å². The van der Waals surface area contributed by atoms with Crippen LogP contribution in [-0.4, -0.2) is 51.1 Å². The standard InChI is InChI=1S/C23H22O8/c1-28-16-10-9-14(22(30-3)23(16)31-4)15(11-17(24)29-2)18-19(25)12-7-5-6-8-13(12)20(26)21(18)27/h5-10,15,25H,11H2,1-4H3/t15-/m0/s1. The van der Waals surface area contributed by atoms with Gasteiger partial charge in [-0.2, -0.15) is 0 Å². The van der Waals surface area contributed by atoms with Gasteiger partial charge in [-0.05, 0) is 6.07 Å². The van der Waals surface area contributed by atoms with Gasteiger partial charge >= 0.3 is 5.97 Å². The average molecular weight is 426 g/mol. The van der Waals surface area contributed by atoms with Gasteiger partial charge in [0, 0.05) is 22.6 Å². The van der Waals surface area contributed by atoms with E-state index < -0.39 is 23.5 Å². The van der Waals surface area contributed by atoms with Gasteiger partial charge in [0.25, 0.3) is 0 Å². The highest BCUT2D eigenvalue weighted by atomic mass is 16.5. The van der Waals surface area contributed by atoms with Crippen LogP contribution in [0.4, 0.5) is 0 Å². The number of carbonyl (C=O) groups is 3. The van der Waals surface area contributed by atoms with Crippen molar-refractivity contribution in [3.63, 3.8) is 0 Å². The molecule has 0 heterocycles. The predicted octanol–water partition coefficient (Wildman–Crippen LogP) is 3.09. The molecule has 2 aromatic carbocycles. The molecule has 0 unspecified atom stereocenters. The number of allylic oxidation sites excluding steroid dienone is 1. The first-order chi connectivity index (χ1) is 14.9. The zero-order chi connectivity index (χ0) is 22.7. The molecule has 0 fully saturated rings. The molecule has 1 aliphatic rings. The van der Waals surface area contributed by atoms with Gasteiger partial charge in [-0.25, -0.2) is 0 Å². The molecule has 0 bridgehead atoms. The molecule has 0 spiro atoms.